The van der Waals surface area contributed by atoms with Crippen molar-refractivity contribution in [2.45, 2.75) is 13.2 Å². The van der Waals surface area contributed by atoms with Crippen molar-refractivity contribution in [2.75, 3.05) is 23.9 Å². The Bertz CT molecular complexity index is 1630. The fourth-order valence-corrected chi connectivity index (χ4v) is 4.44. The average Bonchev–Trinajstić information content (AvgIpc) is 3.29. The van der Waals surface area contributed by atoms with Crippen LogP contribution in [0.1, 0.15) is 16.7 Å². The zero-order valence-electron chi connectivity index (χ0n) is 21.9. The second-order valence-electron chi connectivity index (χ2n) is 9.35. The number of aromatic nitrogens is 2. The predicted molar refractivity (Wildman–Crippen MR) is 152 cm³/mol. The molecule has 1 aliphatic heterocycles. The lowest BCUT2D eigenvalue weighted by Crippen LogP contribution is -2.38. The smallest absolute Gasteiger partial charge is 0.283 e. The zero-order chi connectivity index (χ0) is 28.4. The van der Waals surface area contributed by atoms with Crippen molar-refractivity contribution in [1.29, 1.82) is 0 Å². The third-order valence-corrected chi connectivity index (χ3v) is 6.55. The highest BCUT2D eigenvalue weighted by Gasteiger charge is 2.38. The fourth-order valence-electron chi connectivity index (χ4n) is 4.44. The summed E-state index contributed by atoms with van der Waals surface area (Å²) < 4.78 is 1.32. The van der Waals surface area contributed by atoms with Crippen LogP contribution in [-0.4, -0.2) is 46.0 Å². The molecule has 0 spiro atoms. The van der Waals surface area contributed by atoms with Gasteiger partial charge in [-0.1, -0.05) is 30.8 Å². The molecule has 3 N–H and O–H groups in total. The van der Waals surface area contributed by atoms with Gasteiger partial charge in [0.15, 0.2) is 0 Å². The van der Waals surface area contributed by atoms with E-state index in [2.05, 4.69) is 26.4 Å². The van der Waals surface area contributed by atoms with Crippen LogP contribution in [0.25, 0.3) is 11.3 Å². The van der Waals surface area contributed by atoms with Crippen LogP contribution in [0.5, 0.6) is 0 Å². The second kappa shape index (κ2) is 11.1. The van der Waals surface area contributed by atoms with E-state index in [4.69, 9.17) is 10.5 Å². The molecule has 2 heterocycles. The van der Waals surface area contributed by atoms with Gasteiger partial charge in [-0.15, -0.1) is 0 Å². The summed E-state index contributed by atoms with van der Waals surface area (Å²) in [5, 5.41) is 20.6. The normalized spacial score (nSPS) is 14.1. The first kappa shape index (κ1) is 26.8. The fraction of sp³-hybridized carbons (Fsp3) is 0.138. The van der Waals surface area contributed by atoms with E-state index in [1.54, 1.807) is 60.7 Å². The Balaban J connectivity index is 1.65. The number of nitrogens with zero attached hydrogens (tertiary/aromatic N) is 4. The molecule has 0 saturated heterocycles. The summed E-state index contributed by atoms with van der Waals surface area (Å²) in [7, 11) is 3.85. The van der Waals surface area contributed by atoms with E-state index in [1.165, 1.54) is 9.58 Å². The van der Waals surface area contributed by atoms with Crippen molar-refractivity contribution in [3.8, 4) is 5.69 Å². The lowest BCUT2D eigenvalue weighted by molar-refractivity contribution is -0.253. The quantitative estimate of drug-likeness (QED) is 0.218. The molecule has 1 amide bonds. The molecule has 11 heteroatoms. The van der Waals surface area contributed by atoms with Gasteiger partial charge in [0, 0.05) is 25.4 Å². The number of aromatic amines is 1. The van der Waals surface area contributed by atoms with Gasteiger partial charge in [0.05, 0.1) is 22.6 Å². The largest absolute Gasteiger partial charge is 0.378 e. The van der Waals surface area contributed by atoms with Gasteiger partial charge in [-0.2, -0.15) is 0 Å². The molecule has 0 atom stereocenters. The summed E-state index contributed by atoms with van der Waals surface area (Å²) in [6, 6.07) is 20.9. The van der Waals surface area contributed by atoms with Crippen LogP contribution in [0, 0.1) is 0 Å². The minimum absolute atomic E-state index is 0.00214. The summed E-state index contributed by atoms with van der Waals surface area (Å²) in [6.07, 6.45) is 0. The zero-order valence-corrected chi connectivity index (χ0v) is 21.9. The summed E-state index contributed by atoms with van der Waals surface area (Å²) in [5.74, 6) is -0.222. The second-order valence-corrected chi connectivity index (χ2v) is 9.35. The number of benzene rings is 3. The maximum absolute atomic E-state index is 14.0. The summed E-state index contributed by atoms with van der Waals surface area (Å²) in [6.45, 7) is 4.08. The Labute approximate surface area is 229 Å². The number of aliphatic imine (C=N–C) groups is 1. The Hall–Kier alpha value is -4.81. The topological polar surface area (TPSA) is 133 Å². The van der Waals surface area contributed by atoms with Crippen LogP contribution < -0.4 is 15.4 Å². The van der Waals surface area contributed by atoms with Crippen molar-refractivity contribution >= 4 is 40.1 Å². The maximum atomic E-state index is 14.0. The molecule has 0 saturated carbocycles. The molecule has 0 aliphatic carbocycles. The summed E-state index contributed by atoms with van der Waals surface area (Å²) in [5.41, 5.74) is 3.90. The minimum Gasteiger partial charge on any atom is -0.378 e. The van der Waals surface area contributed by atoms with E-state index in [0.29, 0.717) is 28.2 Å². The molecule has 4 aromatic rings. The number of hydrogen-bond acceptors (Lipinski definition) is 8. The number of H-pyrrole nitrogens is 1. The molecular formula is C29H27N5O6. The van der Waals surface area contributed by atoms with Gasteiger partial charge in [0.25, 0.3) is 11.5 Å². The number of nitrogens with one attached hydrogen (secondary N) is 1. The van der Waals surface area contributed by atoms with Crippen LogP contribution >= 0.6 is 0 Å². The Morgan fingerprint density at radius 3 is 1.93 bits per heavy atom. The third kappa shape index (κ3) is 4.97. The predicted octanol–water partition coefficient (Wildman–Crippen LogP) is 4.68. The Morgan fingerprint density at radius 1 is 0.850 bits per heavy atom. The lowest BCUT2D eigenvalue weighted by atomic mass is 9.98. The minimum atomic E-state index is -0.468. The Morgan fingerprint density at radius 2 is 1.40 bits per heavy atom. The third-order valence-electron chi connectivity index (χ3n) is 6.55. The molecule has 40 heavy (non-hydrogen) atoms. The van der Waals surface area contributed by atoms with Gasteiger partial charge >= 0.3 is 0 Å². The highest BCUT2D eigenvalue weighted by molar-refractivity contribution is 6.61. The van der Waals surface area contributed by atoms with Crippen molar-refractivity contribution < 1.29 is 25.1 Å². The van der Waals surface area contributed by atoms with Gasteiger partial charge in [-0.05, 0) is 59.7 Å². The van der Waals surface area contributed by atoms with E-state index < -0.39 is 11.5 Å². The van der Waals surface area contributed by atoms with E-state index in [1.807, 2.05) is 31.1 Å². The highest BCUT2D eigenvalue weighted by Crippen LogP contribution is 2.36. The Kier molecular flexibility index (Phi) is 7.45. The molecule has 5 rings (SSSR count). The maximum Gasteiger partial charge on any atom is 0.283 e. The van der Waals surface area contributed by atoms with Gasteiger partial charge in [-0.25, -0.2) is 19.4 Å². The first-order valence-corrected chi connectivity index (χ1v) is 12.3. The van der Waals surface area contributed by atoms with Crippen molar-refractivity contribution in [3.63, 3.8) is 0 Å². The van der Waals surface area contributed by atoms with E-state index in [-0.39, 0.29) is 35.9 Å². The van der Waals surface area contributed by atoms with Crippen LogP contribution in [-0.2, 0) is 27.8 Å². The monoisotopic (exact) mass is 541 g/mol. The average molecular weight is 542 g/mol. The highest BCUT2D eigenvalue weighted by atomic mass is 17.1. The molecule has 3 aromatic carbocycles. The molecule has 1 aliphatic rings. The standard InChI is InChI=1S/C29H27N5O6/c1-18-25-27(31-34(28(25)35)24-12-6-20(7-13-24)17-40-38)33(23-10-4-19(5-11-23)16-39-37)29(36)26(18)30-21-8-14-22(15-9-21)32(2)3/h4-15,31,37-38H,1,16-17H2,2-3H3. The first-order chi connectivity index (χ1) is 19.3. The van der Waals surface area contributed by atoms with Gasteiger partial charge in [-0.3, -0.25) is 30.1 Å². The van der Waals surface area contributed by atoms with Crippen molar-refractivity contribution in [1.82, 2.24) is 9.78 Å². The van der Waals surface area contributed by atoms with Crippen LogP contribution in [0.2, 0.25) is 0 Å². The number of fused-ring (bicyclic) bond motifs is 1. The van der Waals surface area contributed by atoms with E-state index in [9.17, 15) is 9.59 Å². The number of hydrogen-bond donors (Lipinski definition) is 3. The molecule has 0 unspecified atom stereocenters. The van der Waals surface area contributed by atoms with Gasteiger partial charge in [0.1, 0.15) is 24.7 Å². The first-order valence-electron chi connectivity index (χ1n) is 12.3. The van der Waals surface area contributed by atoms with Crippen molar-refractivity contribution in [3.05, 3.63) is 106 Å². The van der Waals surface area contributed by atoms with Crippen LogP contribution in [0.3, 0.4) is 0 Å². The van der Waals surface area contributed by atoms with Gasteiger partial charge in [0.2, 0.25) is 0 Å². The molecule has 1 aromatic heterocycles. The molecule has 204 valence electrons. The summed E-state index contributed by atoms with van der Waals surface area (Å²) in [4.78, 5) is 44.0. The molecule has 0 bridgehead atoms. The lowest BCUT2D eigenvalue weighted by Gasteiger charge is -2.28. The number of carbonyl (C=O) groups excluding carboxylic acids is 1. The number of carbonyl (C=O) groups is 1. The van der Waals surface area contributed by atoms with Gasteiger partial charge < -0.3 is 4.90 Å². The molecule has 0 fully saturated rings. The SMILES string of the molecule is C=C1C(=Nc2ccc(N(C)C)cc2)C(=O)N(c2ccc(COO)cc2)c2[nH]n(-c3ccc(COO)cc3)c(=O)c21. The molecular weight excluding hydrogens is 514 g/mol. The summed E-state index contributed by atoms with van der Waals surface area (Å²) >= 11 is 0. The molecule has 11 nitrogen and oxygen atoms in total. The van der Waals surface area contributed by atoms with E-state index >= 15 is 0 Å². The number of amides is 1. The van der Waals surface area contributed by atoms with Crippen LogP contribution in [0.4, 0.5) is 22.9 Å². The van der Waals surface area contributed by atoms with Crippen molar-refractivity contribution in [2.24, 2.45) is 4.99 Å². The van der Waals surface area contributed by atoms with Crippen LogP contribution in [0.15, 0.2) is 89.2 Å². The number of rotatable bonds is 8. The van der Waals surface area contributed by atoms with E-state index in [0.717, 1.165) is 5.69 Å². The number of anilines is 3. The molecule has 0 radical (unpaired) electrons.